The molecule has 0 saturated carbocycles. The molecule has 1 aliphatic heterocycles. The third kappa shape index (κ3) is 3.85. The average Bonchev–Trinajstić information content (AvgIpc) is 2.41. The van der Waals surface area contributed by atoms with E-state index in [-0.39, 0.29) is 13.0 Å². The summed E-state index contributed by atoms with van der Waals surface area (Å²) >= 11 is 0. The summed E-state index contributed by atoms with van der Waals surface area (Å²) in [6, 6.07) is 0. The smallest absolute Gasteiger partial charge is 0.303 e. The summed E-state index contributed by atoms with van der Waals surface area (Å²) in [5, 5.41) is 9.19. The third-order valence-electron chi connectivity index (χ3n) is 1.95. The Morgan fingerprint density at radius 3 is 2.60 bits per heavy atom. The molecule has 1 heterocycles. The summed E-state index contributed by atoms with van der Waals surface area (Å²) in [6.45, 7) is 2.52. The van der Waals surface area contributed by atoms with Crippen molar-refractivity contribution in [2.45, 2.75) is 38.8 Å². The van der Waals surface area contributed by atoms with Crippen molar-refractivity contribution in [3.05, 3.63) is 0 Å². The standard InChI is InChI=1S/C9H14O6/c1-5(10)13-4-8-7(14-6(2)11)3-9(12)15-8/h7-9,12H,3-4H2,1-2H3/t7-,8+,9?/m0/s1. The molecule has 1 fully saturated rings. The predicted molar refractivity (Wildman–Crippen MR) is 47.7 cm³/mol. The Morgan fingerprint density at radius 1 is 1.40 bits per heavy atom. The van der Waals surface area contributed by atoms with E-state index in [9.17, 15) is 14.7 Å². The van der Waals surface area contributed by atoms with E-state index < -0.39 is 30.4 Å². The van der Waals surface area contributed by atoms with Gasteiger partial charge in [-0.3, -0.25) is 9.59 Å². The molecule has 1 aliphatic rings. The zero-order chi connectivity index (χ0) is 11.4. The topological polar surface area (TPSA) is 82.1 Å². The van der Waals surface area contributed by atoms with E-state index in [4.69, 9.17) is 14.2 Å². The van der Waals surface area contributed by atoms with Crippen LogP contribution in [-0.4, -0.2) is 42.1 Å². The van der Waals surface area contributed by atoms with E-state index >= 15 is 0 Å². The van der Waals surface area contributed by atoms with E-state index in [2.05, 4.69) is 0 Å². The molecule has 6 nitrogen and oxygen atoms in total. The molecule has 0 aliphatic carbocycles. The molecule has 1 unspecified atom stereocenters. The molecule has 1 rings (SSSR count). The van der Waals surface area contributed by atoms with Crippen LogP contribution in [0.5, 0.6) is 0 Å². The summed E-state index contributed by atoms with van der Waals surface area (Å²) in [5.74, 6) is -0.896. The number of carbonyl (C=O) groups excluding carboxylic acids is 2. The van der Waals surface area contributed by atoms with Gasteiger partial charge in [-0.25, -0.2) is 0 Å². The number of hydrogen-bond acceptors (Lipinski definition) is 6. The fraction of sp³-hybridized carbons (Fsp3) is 0.778. The minimum absolute atomic E-state index is 0.0235. The minimum atomic E-state index is -0.977. The van der Waals surface area contributed by atoms with Gasteiger partial charge in [-0.15, -0.1) is 0 Å². The van der Waals surface area contributed by atoms with Gasteiger partial charge < -0.3 is 19.3 Å². The highest BCUT2D eigenvalue weighted by Crippen LogP contribution is 2.22. The molecule has 0 radical (unpaired) electrons. The van der Waals surface area contributed by atoms with Crippen molar-refractivity contribution < 1.29 is 28.9 Å². The van der Waals surface area contributed by atoms with Crippen LogP contribution in [0.4, 0.5) is 0 Å². The first-order valence-corrected chi connectivity index (χ1v) is 4.63. The van der Waals surface area contributed by atoms with Crippen LogP contribution in [0.1, 0.15) is 20.3 Å². The molecule has 3 atom stereocenters. The number of esters is 2. The van der Waals surface area contributed by atoms with E-state index in [1.54, 1.807) is 0 Å². The molecule has 0 bridgehead atoms. The summed E-state index contributed by atoms with van der Waals surface area (Å²) in [4.78, 5) is 21.3. The lowest BCUT2D eigenvalue weighted by atomic mass is 10.2. The van der Waals surface area contributed by atoms with Crippen LogP contribution in [0.15, 0.2) is 0 Å². The number of aliphatic hydroxyl groups is 1. The van der Waals surface area contributed by atoms with Crippen LogP contribution in [0.2, 0.25) is 0 Å². The van der Waals surface area contributed by atoms with Crippen LogP contribution in [0.25, 0.3) is 0 Å². The highest BCUT2D eigenvalue weighted by atomic mass is 16.7. The lowest BCUT2D eigenvalue weighted by molar-refractivity contribution is -0.159. The lowest BCUT2D eigenvalue weighted by Gasteiger charge is -2.17. The summed E-state index contributed by atoms with van der Waals surface area (Å²) in [5.41, 5.74) is 0. The largest absolute Gasteiger partial charge is 0.463 e. The number of ether oxygens (including phenoxy) is 3. The van der Waals surface area contributed by atoms with Crippen molar-refractivity contribution in [2.75, 3.05) is 6.61 Å². The van der Waals surface area contributed by atoms with Crippen LogP contribution in [-0.2, 0) is 23.8 Å². The second kappa shape index (κ2) is 5.09. The maximum atomic E-state index is 10.7. The first kappa shape index (κ1) is 11.9. The SMILES string of the molecule is CC(=O)OC[C@H]1OC(O)C[C@@H]1OC(C)=O. The number of aliphatic hydroxyl groups excluding tert-OH is 1. The van der Waals surface area contributed by atoms with Crippen molar-refractivity contribution >= 4 is 11.9 Å². The van der Waals surface area contributed by atoms with E-state index in [1.807, 2.05) is 0 Å². The Balaban J connectivity index is 2.45. The van der Waals surface area contributed by atoms with Gasteiger partial charge >= 0.3 is 11.9 Å². The van der Waals surface area contributed by atoms with Gasteiger partial charge in [-0.1, -0.05) is 0 Å². The minimum Gasteiger partial charge on any atom is -0.463 e. The second-order valence-corrected chi connectivity index (χ2v) is 3.32. The van der Waals surface area contributed by atoms with Gasteiger partial charge in [0.1, 0.15) is 18.8 Å². The Labute approximate surface area is 87.1 Å². The quantitative estimate of drug-likeness (QED) is 0.648. The molecule has 15 heavy (non-hydrogen) atoms. The average molecular weight is 218 g/mol. The molecule has 0 spiro atoms. The Hall–Kier alpha value is -1.14. The fourth-order valence-corrected chi connectivity index (χ4v) is 1.38. The molecular weight excluding hydrogens is 204 g/mol. The van der Waals surface area contributed by atoms with Crippen molar-refractivity contribution in [3.8, 4) is 0 Å². The van der Waals surface area contributed by atoms with Gasteiger partial charge in [-0.05, 0) is 0 Å². The number of carbonyl (C=O) groups is 2. The maximum absolute atomic E-state index is 10.7. The summed E-state index contributed by atoms with van der Waals surface area (Å²) in [6.07, 6.45) is -1.93. The highest BCUT2D eigenvalue weighted by Gasteiger charge is 2.37. The van der Waals surface area contributed by atoms with Crippen LogP contribution < -0.4 is 0 Å². The van der Waals surface area contributed by atoms with Gasteiger partial charge in [-0.2, -0.15) is 0 Å². The van der Waals surface area contributed by atoms with Gasteiger partial charge in [0.15, 0.2) is 6.29 Å². The van der Waals surface area contributed by atoms with E-state index in [0.717, 1.165) is 0 Å². The second-order valence-electron chi connectivity index (χ2n) is 3.32. The first-order chi connectivity index (χ1) is 6.99. The normalized spacial score (nSPS) is 29.9. The third-order valence-corrected chi connectivity index (χ3v) is 1.95. The monoisotopic (exact) mass is 218 g/mol. The van der Waals surface area contributed by atoms with Crippen LogP contribution in [0, 0.1) is 0 Å². The number of rotatable bonds is 3. The van der Waals surface area contributed by atoms with E-state index in [1.165, 1.54) is 13.8 Å². The number of hydrogen-bond donors (Lipinski definition) is 1. The van der Waals surface area contributed by atoms with E-state index in [0.29, 0.717) is 0 Å². The zero-order valence-corrected chi connectivity index (χ0v) is 8.63. The molecule has 1 saturated heterocycles. The summed E-state index contributed by atoms with van der Waals surface area (Å²) in [7, 11) is 0. The predicted octanol–water partition coefficient (Wildman–Crippen LogP) is -0.412. The molecular formula is C9H14O6. The molecule has 0 aromatic rings. The molecule has 0 amide bonds. The first-order valence-electron chi connectivity index (χ1n) is 4.63. The van der Waals surface area contributed by atoms with Gasteiger partial charge in [0.25, 0.3) is 0 Å². The molecule has 86 valence electrons. The highest BCUT2D eigenvalue weighted by molar-refractivity contribution is 5.66. The Morgan fingerprint density at radius 2 is 2.07 bits per heavy atom. The van der Waals surface area contributed by atoms with Crippen molar-refractivity contribution in [2.24, 2.45) is 0 Å². The van der Waals surface area contributed by atoms with Crippen molar-refractivity contribution in [1.82, 2.24) is 0 Å². The molecule has 6 heteroatoms. The Kier molecular flexibility index (Phi) is 4.05. The fourth-order valence-electron chi connectivity index (χ4n) is 1.38. The van der Waals surface area contributed by atoms with Gasteiger partial charge in [0.2, 0.25) is 0 Å². The molecule has 1 N–H and O–H groups in total. The molecule has 0 aromatic heterocycles. The van der Waals surface area contributed by atoms with Gasteiger partial charge in [0.05, 0.1) is 0 Å². The Bertz CT molecular complexity index is 251. The van der Waals surface area contributed by atoms with Crippen LogP contribution >= 0.6 is 0 Å². The zero-order valence-electron chi connectivity index (χ0n) is 8.63. The van der Waals surface area contributed by atoms with Crippen molar-refractivity contribution in [1.29, 1.82) is 0 Å². The molecule has 0 aromatic carbocycles. The van der Waals surface area contributed by atoms with Gasteiger partial charge in [0, 0.05) is 20.3 Å². The maximum Gasteiger partial charge on any atom is 0.303 e. The van der Waals surface area contributed by atoms with Crippen molar-refractivity contribution in [3.63, 3.8) is 0 Å². The van der Waals surface area contributed by atoms with Crippen LogP contribution in [0.3, 0.4) is 0 Å². The summed E-state index contributed by atoms with van der Waals surface area (Å²) < 4.78 is 14.7. The lowest BCUT2D eigenvalue weighted by Crippen LogP contribution is -2.31.